The fourth-order valence-electron chi connectivity index (χ4n) is 2.71. The second kappa shape index (κ2) is 11.9. The van der Waals surface area contributed by atoms with Gasteiger partial charge in [0.15, 0.2) is 0 Å². The Morgan fingerprint density at radius 3 is 2.41 bits per heavy atom. The Balaban J connectivity index is 1.40. The Bertz CT molecular complexity index is 1090. The van der Waals surface area contributed by atoms with Gasteiger partial charge in [-0.3, -0.25) is 9.59 Å². The molecule has 0 saturated heterocycles. The standard InChI is InChI=1S/C24H21Cl2N3O3/c25-20-9-8-19(22(26)14-20)16-32-21-10-6-18(7-11-21)15-28-29-24(31)23(30)27-13-12-17-4-2-1-3-5-17/h1-11,14-15H,12-13,16H2,(H,27,30)(H,29,31)/b28-15-. The average Bonchev–Trinajstić information content (AvgIpc) is 2.80. The van der Waals surface area contributed by atoms with Gasteiger partial charge in [0, 0.05) is 22.2 Å². The lowest BCUT2D eigenvalue weighted by molar-refractivity contribution is -0.139. The number of halogens is 2. The highest BCUT2D eigenvalue weighted by molar-refractivity contribution is 6.35. The van der Waals surface area contributed by atoms with E-state index in [1.165, 1.54) is 6.21 Å². The maximum absolute atomic E-state index is 11.8. The van der Waals surface area contributed by atoms with Gasteiger partial charge in [0.25, 0.3) is 0 Å². The SMILES string of the molecule is O=C(NCCc1ccccc1)C(=O)N/N=C\c1ccc(OCc2ccc(Cl)cc2Cl)cc1. The Labute approximate surface area is 196 Å². The van der Waals surface area contributed by atoms with Crippen LogP contribution in [0.2, 0.25) is 10.0 Å². The summed E-state index contributed by atoms with van der Waals surface area (Å²) in [5.41, 5.74) is 4.85. The normalized spacial score (nSPS) is 10.7. The van der Waals surface area contributed by atoms with Gasteiger partial charge in [0.2, 0.25) is 0 Å². The lowest BCUT2D eigenvalue weighted by atomic mass is 10.1. The summed E-state index contributed by atoms with van der Waals surface area (Å²) < 4.78 is 5.72. The fourth-order valence-corrected chi connectivity index (χ4v) is 3.17. The van der Waals surface area contributed by atoms with E-state index in [0.717, 1.165) is 16.7 Å². The third-order valence-electron chi connectivity index (χ3n) is 4.42. The summed E-state index contributed by atoms with van der Waals surface area (Å²) in [6.07, 6.45) is 2.08. The summed E-state index contributed by atoms with van der Waals surface area (Å²) >= 11 is 12.0. The predicted octanol–water partition coefficient (Wildman–Crippen LogP) is 4.38. The number of benzene rings is 3. The number of carbonyl (C=O) groups excluding carboxylic acids is 2. The van der Waals surface area contributed by atoms with Crippen molar-refractivity contribution in [3.63, 3.8) is 0 Å². The molecule has 32 heavy (non-hydrogen) atoms. The molecule has 0 heterocycles. The topological polar surface area (TPSA) is 79.8 Å². The molecule has 0 atom stereocenters. The zero-order valence-corrected chi connectivity index (χ0v) is 18.6. The van der Waals surface area contributed by atoms with Crippen molar-refractivity contribution >= 4 is 41.2 Å². The summed E-state index contributed by atoms with van der Waals surface area (Å²) in [6, 6.07) is 22.0. The highest BCUT2D eigenvalue weighted by Crippen LogP contribution is 2.22. The highest BCUT2D eigenvalue weighted by atomic mass is 35.5. The molecule has 2 amide bonds. The second-order valence-corrected chi connectivity index (χ2v) is 7.63. The van der Waals surface area contributed by atoms with E-state index >= 15 is 0 Å². The van der Waals surface area contributed by atoms with Crippen LogP contribution >= 0.6 is 23.2 Å². The van der Waals surface area contributed by atoms with Gasteiger partial charge in [-0.15, -0.1) is 0 Å². The zero-order chi connectivity index (χ0) is 22.8. The van der Waals surface area contributed by atoms with Crippen LogP contribution in [0.4, 0.5) is 0 Å². The molecule has 3 aromatic rings. The highest BCUT2D eigenvalue weighted by Gasteiger charge is 2.11. The molecule has 2 N–H and O–H groups in total. The third-order valence-corrected chi connectivity index (χ3v) is 5.00. The van der Waals surface area contributed by atoms with E-state index < -0.39 is 11.8 Å². The molecule has 0 aliphatic rings. The Morgan fingerprint density at radius 1 is 0.938 bits per heavy atom. The molecular formula is C24H21Cl2N3O3. The summed E-state index contributed by atoms with van der Waals surface area (Å²) in [4.78, 5) is 23.6. The van der Waals surface area contributed by atoms with Gasteiger partial charge >= 0.3 is 11.8 Å². The molecule has 6 nitrogen and oxygen atoms in total. The monoisotopic (exact) mass is 469 g/mol. The molecule has 3 aromatic carbocycles. The molecule has 8 heteroatoms. The Morgan fingerprint density at radius 2 is 1.69 bits per heavy atom. The molecule has 0 saturated carbocycles. The molecule has 0 aromatic heterocycles. The molecular weight excluding hydrogens is 449 g/mol. The average molecular weight is 470 g/mol. The maximum atomic E-state index is 11.8. The van der Waals surface area contributed by atoms with Crippen LogP contribution in [0.3, 0.4) is 0 Å². The van der Waals surface area contributed by atoms with E-state index in [1.54, 1.807) is 36.4 Å². The first kappa shape index (κ1) is 23.3. The van der Waals surface area contributed by atoms with Crippen molar-refractivity contribution in [2.75, 3.05) is 6.54 Å². The van der Waals surface area contributed by atoms with Gasteiger partial charge in [0.1, 0.15) is 12.4 Å². The van der Waals surface area contributed by atoms with E-state index in [9.17, 15) is 9.59 Å². The van der Waals surface area contributed by atoms with Crippen molar-refractivity contribution in [3.05, 3.63) is 99.5 Å². The minimum Gasteiger partial charge on any atom is -0.489 e. The molecule has 164 valence electrons. The fraction of sp³-hybridized carbons (Fsp3) is 0.125. The Hall–Kier alpha value is -3.35. The lowest BCUT2D eigenvalue weighted by Gasteiger charge is -2.08. The summed E-state index contributed by atoms with van der Waals surface area (Å²) in [5.74, 6) is -0.910. The smallest absolute Gasteiger partial charge is 0.329 e. The van der Waals surface area contributed by atoms with Gasteiger partial charge < -0.3 is 10.1 Å². The molecule has 0 bridgehead atoms. The van der Waals surface area contributed by atoms with Crippen molar-refractivity contribution in [2.24, 2.45) is 5.10 Å². The number of hydrazone groups is 1. The van der Waals surface area contributed by atoms with Crippen LogP contribution in [0.15, 0.2) is 77.9 Å². The van der Waals surface area contributed by atoms with Crippen LogP contribution < -0.4 is 15.5 Å². The van der Waals surface area contributed by atoms with Crippen molar-refractivity contribution in [1.82, 2.24) is 10.7 Å². The van der Waals surface area contributed by atoms with Crippen molar-refractivity contribution in [2.45, 2.75) is 13.0 Å². The van der Waals surface area contributed by atoms with Gasteiger partial charge in [-0.05, 0) is 53.9 Å². The van der Waals surface area contributed by atoms with Gasteiger partial charge in [-0.1, -0.05) is 59.6 Å². The van der Waals surface area contributed by atoms with Crippen LogP contribution in [-0.4, -0.2) is 24.6 Å². The number of hydrogen-bond donors (Lipinski definition) is 2. The summed E-state index contributed by atoms with van der Waals surface area (Å²) in [6.45, 7) is 0.668. The number of hydrogen-bond acceptors (Lipinski definition) is 4. The number of ether oxygens (including phenoxy) is 1. The molecule has 3 rings (SSSR count). The number of amides is 2. The summed E-state index contributed by atoms with van der Waals surface area (Å²) in [7, 11) is 0. The van der Waals surface area contributed by atoms with Crippen LogP contribution in [0.1, 0.15) is 16.7 Å². The number of carbonyl (C=O) groups is 2. The number of rotatable bonds is 8. The Kier molecular flexibility index (Phi) is 8.66. The quantitative estimate of drug-likeness (QED) is 0.291. The summed E-state index contributed by atoms with van der Waals surface area (Å²) in [5, 5.41) is 7.49. The molecule has 0 aliphatic carbocycles. The molecule has 0 fully saturated rings. The van der Waals surface area contributed by atoms with Crippen LogP contribution in [-0.2, 0) is 22.6 Å². The maximum Gasteiger partial charge on any atom is 0.329 e. The number of nitrogens with one attached hydrogen (secondary N) is 2. The first-order chi connectivity index (χ1) is 15.5. The van der Waals surface area contributed by atoms with Crippen LogP contribution in [0.5, 0.6) is 5.75 Å². The second-order valence-electron chi connectivity index (χ2n) is 6.78. The first-order valence-electron chi connectivity index (χ1n) is 9.83. The van der Waals surface area contributed by atoms with E-state index in [1.807, 2.05) is 36.4 Å². The van der Waals surface area contributed by atoms with Gasteiger partial charge in [-0.25, -0.2) is 5.43 Å². The third kappa shape index (κ3) is 7.41. The molecule has 0 spiro atoms. The molecule has 0 radical (unpaired) electrons. The van der Waals surface area contributed by atoms with E-state index in [2.05, 4.69) is 15.8 Å². The van der Waals surface area contributed by atoms with Crippen LogP contribution in [0, 0.1) is 0 Å². The van der Waals surface area contributed by atoms with Crippen LogP contribution in [0.25, 0.3) is 0 Å². The lowest BCUT2D eigenvalue weighted by Crippen LogP contribution is -2.38. The van der Waals surface area contributed by atoms with Crippen molar-refractivity contribution in [3.8, 4) is 5.75 Å². The largest absolute Gasteiger partial charge is 0.489 e. The van der Waals surface area contributed by atoms with E-state index in [-0.39, 0.29) is 0 Å². The van der Waals surface area contributed by atoms with Crippen molar-refractivity contribution in [1.29, 1.82) is 0 Å². The van der Waals surface area contributed by atoms with E-state index in [0.29, 0.717) is 35.4 Å². The molecule has 0 aliphatic heterocycles. The van der Waals surface area contributed by atoms with Gasteiger partial charge in [-0.2, -0.15) is 5.10 Å². The number of nitrogens with zero attached hydrogens (tertiary/aromatic N) is 1. The minimum absolute atomic E-state index is 0.304. The minimum atomic E-state index is -0.825. The first-order valence-corrected chi connectivity index (χ1v) is 10.6. The predicted molar refractivity (Wildman–Crippen MR) is 126 cm³/mol. The zero-order valence-electron chi connectivity index (χ0n) is 17.1. The van der Waals surface area contributed by atoms with Gasteiger partial charge in [0.05, 0.1) is 6.21 Å². The molecule has 0 unspecified atom stereocenters. The van der Waals surface area contributed by atoms with Crippen molar-refractivity contribution < 1.29 is 14.3 Å². The van der Waals surface area contributed by atoms with E-state index in [4.69, 9.17) is 27.9 Å².